The van der Waals surface area contributed by atoms with Crippen molar-refractivity contribution in [2.75, 3.05) is 13.1 Å². The van der Waals surface area contributed by atoms with Crippen LogP contribution in [-0.2, 0) is 0 Å². The molecular weight excluding hydrogens is 290 g/mol. The maximum atomic E-state index is 5.31. The Balaban J connectivity index is 1.44. The van der Waals surface area contributed by atoms with Gasteiger partial charge < -0.3 is 9.51 Å². The number of piperidine rings is 1. The monoisotopic (exact) mass is 311 g/mol. The second-order valence-electron chi connectivity index (χ2n) is 6.31. The molecule has 0 bridgehead atoms. The fraction of sp³-hybridized carbons (Fsp3) is 0.471. The number of para-hydroxylation sites is 2. The lowest BCUT2D eigenvalue weighted by Gasteiger charge is -2.33. The van der Waals surface area contributed by atoms with E-state index in [1.165, 1.54) is 0 Å². The Bertz CT molecular complexity index is 767. The maximum Gasteiger partial charge on any atom is 0.243 e. The van der Waals surface area contributed by atoms with Crippen LogP contribution in [0.4, 0.5) is 0 Å². The predicted molar refractivity (Wildman–Crippen MR) is 87.1 cm³/mol. The van der Waals surface area contributed by atoms with E-state index in [-0.39, 0.29) is 6.04 Å². The summed E-state index contributed by atoms with van der Waals surface area (Å²) in [5, 5.41) is 3.89. The van der Waals surface area contributed by atoms with Gasteiger partial charge in [0.15, 0.2) is 5.82 Å². The summed E-state index contributed by atoms with van der Waals surface area (Å²) < 4.78 is 5.31. The molecule has 120 valence electrons. The first kappa shape index (κ1) is 14.4. The predicted octanol–water partition coefficient (Wildman–Crippen LogP) is 3.19. The lowest BCUT2D eigenvalue weighted by atomic mass is 9.95. The summed E-state index contributed by atoms with van der Waals surface area (Å²) in [6.45, 7) is 6.02. The number of imidazole rings is 1. The molecule has 4 rings (SSSR count). The minimum absolute atomic E-state index is 0.174. The van der Waals surface area contributed by atoms with Crippen molar-refractivity contribution in [3.63, 3.8) is 0 Å². The van der Waals surface area contributed by atoms with Crippen LogP contribution in [0.25, 0.3) is 11.0 Å². The Hall–Kier alpha value is -2.21. The third-order valence-electron chi connectivity index (χ3n) is 4.77. The van der Waals surface area contributed by atoms with Gasteiger partial charge in [0, 0.05) is 5.92 Å². The molecule has 1 fully saturated rings. The number of rotatable bonds is 3. The average molecular weight is 311 g/mol. The second-order valence-corrected chi connectivity index (χ2v) is 6.31. The molecule has 1 saturated heterocycles. The van der Waals surface area contributed by atoms with E-state index < -0.39 is 0 Å². The number of nitrogens with zero attached hydrogens (tertiary/aromatic N) is 4. The van der Waals surface area contributed by atoms with Crippen molar-refractivity contribution in [3.05, 3.63) is 41.8 Å². The van der Waals surface area contributed by atoms with Gasteiger partial charge in [0.25, 0.3) is 0 Å². The van der Waals surface area contributed by atoms with Gasteiger partial charge in [-0.1, -0.05) is 17.3 Å². The molecular formula is C17H21N5O. The summed E-state index contributed by atoms with van der Waals surface area (Å²) in [5.74, 6) is 3.02. The van der Waals surface area contributed by atoms with E-state index in [0.29, 0.717) is 17.6 Å². The van der Waals surface area contributed by atoms with Gasteiger partial charge in [-0.3, -0.25) is 4.90 Å². The zero-order valence-corrected chi connectivity index (χ0v) is 13.5. The van der Waals surface area contributed by atoms with Crippen LogP contribution in [0.1, 0.15) is 49.3 Å². The normalized spacial score (nSPS) is 18.5. The van der Waals surface area contributed by atoms with Crippen molar-refractivity contribution < 1.29 is 4.52 Å². The van der Waals surface area contributed by atoms with E-state index >= 15 is 0 Å². The van der Waals surface area contributed by atoms with Gasteiger partial charge in [-0.05, 0) is 51.9 Å². The minimum atomic E-state index is 0.174. The Morgan fingerprint density at radius 1 is 1.22 bits per heavy atom. The topological polar surface area (TPSA) is 70.8 Å². The largest absolute Gasteiger partial charge is 0.342 e. The molecule has 2 aromatic heterocycles. The summed E-state index contributed by atoms with van der Waals surface area (Å²) in [7, 11) is 0. The highest BCUT2D eigenvalue weighted by Gasteiger charge is 2.28. The fourth-order valence-electron chi connectivity index (χ4n) is 3.37. The van der Waals surface area contributed by atoms with Crippen molar-refractivity contribution in [2.24, 2.45) is 0 Å². The minimum Gasteiger partial charge on any atom is -0.342 e. The lowest BCUT2D eigenvalue weighted by Crippen LogP contribution is -2.35. The van der Waals surface area contributed by atoms with Gasteiger partial charge in [-0.15, -0.1) is 0 Å². The maximum absolute atomic E-state index is 5.31. The van der Waals surface area contributed by atoms with Gasteiger partial charge in [0.2, 0.25) is 5.89 Å². The van der Waals surface area contributed by atoms with E-state index in [0.717, 1.165) is 42.8 Å². The zero-order chi connectivity index (χ0) is 15.8. The number of aromatic amines is 1. The third-order valence-corrected chi connectivity index (χ3v) is 4.77. The number of benzene rings is 1. The number of hydrogen-bond donors (Lipinski definition) is 1. The molecule has 3 aromatic rings. The molecule has 6 nitrogen and oxygen atoms in total. The van der Waals surface area contributed by atoms with Crippen molar-refractivity contribution >= 4 is 11.0 Å². The Labute approximate surface area is 134 Å². The number of aromatic nitrogens is 4. The van der Waals surface area contributed by atoms with Crippen LogP contribution in [0.3, 0.4) is 0 Å². The number of hydrogen-bond acceptors (Lipinski definition) is 5. The molecule has 23 heavy (non-hydrogen) atoms. The lowest BCUT2D eigenvalue weighted by molar-refractivity contribution is 0.135. The molecule has 6 heteroatoms. The number of H-pyrrole nitrogens is 1. The van der Waals surface area contributed by atoms with Crippen LogP contribution in [0.5, 0.6) is 0 Å². The standard InChI is InChI=1S/C17H21N5O/c1-11(17-18-12(2)21-23-17)22-9-7-13(8-10-22)16-19-14-5-3-4-6-15(14)20-16/h3-6,11,13H,7-10H2,1-2H3,(H,19,20)/t11-/m1/s1. The van der Waals surface area contributed by atoms with E-state index in [2.05, 4.69) is 39.1 Å². The Morgan fingerprint density at radius 2 is 2.00 bits per heavy atom. The average Bonchev–Trinajstić information content (AvgIpc) is 3.20. The highest BCUT2D eigenvalue weighted by Crippen LogP contribution is 2.31. The molecule has 0 saturated carbocycles. The van der Waals surface area contributed by atoms with Crippen molar-refractivity contribution in [2.45, 2.75) is 38.6 Å². The summed E-state index contributed by atoms with van der Waals surface area (Å²) in [6.07, 6.45) is 2.19. The SMILES string of the molecule is Cc1noc([C@@H](C)N2CCC(c3nc4ccccc4[nH]3)CC2)n1. The van der Waals surface area contributed by atoms with Crippen LogP contribution in [0.2, 0.25) is 0 Å². The highest BCUT2D eigenvalue weighted by atomic mass is 16.5. The zero-order valence-electron chi connectivity index (χ0n) is 13.5. The highest BCUT2D eigenvalue weighted by molar-refractivity contribution is 5.74. The molecule has 0 aliphatic carbocycles. The van der Waals surface area contributed by atoms with Crippen molar-refractivity contribution in [1.82, 2.24) is 25.0 Å². The molecule has 1 aliphatic heterocycles. The first-order valence-corrected chi connectivity index (χ1v) is 8.19. The molecule has 0 spiro atoms. The molecule has 0 unspecified atom stereocenters. The van der Waals surface area contributed by atoms with E-state index in [9.17, 15) is 0 Å². The Kier molecular flexibility index (Phi) is 3.61. The number of fused-ring (bicyclic) bond motifs is 1. The quantitative estimate of drug-likeness (QED) is 0.804. The van der Waals surface area contributed by atoms with E-state index in [1.54, 1.807) is 0 Å². The summed E-state index contributed by atoms with van der Waals surface area (Å²) >= 11 is 0. The van der Waals surface area contributed by atoms with Crippen LogP contribution in [0.15, 0.2) is 28.8 Å². The van der Waals surface area contributed by atoms with Crippen LogP contribution >= 0.6 is 0 Å². The van der Waals surface area contributed by atoms with Gasteiger partial charge in [0.05, 0.1) is 17.1 Å². The number of aryl methyl sites for hydroxylation is 1. The second kappa shape index (κ2) is 5.77. The smallest absolute Gasteiger partial charge is 0.243 e. The Morgan fingerprint density at radius 3 is 2.70 bits per heavy atom. The number of nitrogens with one attached hydrogen (secondary N) is 1. The van der Waals surface area contributed by atoms with Crippen molar-refractivity contribution in [1.29, 1.82) is 0 Å². The van der Waals surface area contributed by atoms with E-state index in [1.807, 2.05) is 19.1 Å². The summed E-state index contributed by atoms with van der Waals surface area (Å²) in [5.41, 5.74) is 2.18. The molecule has 1 aromatic carbocycles. The fourth-order valence-corrected chi connectivity index (χ4v) is 3.37. The third kappa shape index (κ3) is 2.74. The molecule has 0 amide bonds. The van der Waals surface area contributed by atoms with Gasteiger partial charge in [-0.25, -0.2) is 4.98 Å². The summed E-state index contributed by atoms with van der Waals surface area (Å²) in [4.78, 5) is 15.0. The molecule has 1 aliphatic rings. The summed E-state index contributed by atoms with van der Waals surface area (Å²) in [6, 6.07) is 8.39. The van der Waals surface area contributed by atoms with Crippen LogP contribution < -0.4 is 0 Å². The molecule has 0 radical (unpaired) electrons. The van der Waals surface area contributed by atoms with E-state index in [4.69, 9.17) is 9.51 Å². The first-order valence-electron chi connectivity index (χ1n) is 8.19. The molecule has 1 N–H and O–H groups in total. The molecule has 1 atom stereocenters. The van der Waals surface area contributed by atoms with Gasteiger partial charge in [0.1, 0.15) is 5.82 Å². The van der Waals surface area contributed by atoms with Gasteiger partial charge in [-0.2, -0.15) is 4.98 Å². The van der Waals surface area contributed by atoms with Crippen molar-refractivity contribution in [3.8, 4) is 0 Å². The van der Waals surface area contributed by atoms with Crippen LogP contribution in [-0.4, -0.2) is 38.1 Å². The molecule has 3 heterocycles. The first-order chi connectivity index (χ1) is 11.2. The number of likely N-dealkylation sites (tertiary alicyclic amines) is 1. The van der Waals surface area contributed by atoms with Crippen LogP contribution in [0, 0.1) is 6.92 Å². The van der Waals surface area contributed by atoms with Gasteiger partial charge >= 0.3 is 0 Å².